The summed E-state index contributed by atoms with van der Waals surface area (Å²) < 4.78 is 46.9. The maximum absolute atomic E-state index is 11.5. The van der Waals surface area contributed by atoms with Gasteiger partial charge in [0.15, 0.2) is 0 Å². The molecule has 2 N–H and O–H groups in total. The second-order valence-electron chi connectivity index (χ2n) is 4.10. The van der Waals surface area contributed by atoms with Gasteiger partial charge in [-0.05, 0) is 5.92 Å². The maximum Gasteiger partial charge on any atom is 0.212 e. The van der Waals surface area contributed by atoms with Crippen molar-refractivity contribution in [1.29, 1.82) is 0 Å². The molecule has 8 heteroatoms. The van der Waals surface area contributed by atoms with Gasteiger partial charge in [0.25, 0.3) is 0 Å². The maximum atomic E-state index is 11.5. The van der Waals surface area contributed by atoms with Gasteiger partial charge in [-0.3, -0.25) is 0 Å². The third kappa shape index (κ3) is 7.15. The molecule has 98 valence electrons. The van der Waals surface area contributed by atoms with E-state index in [2.05, 4.69) is 4.72 Å². The van der Waals surface area contributed by atoms with Gasteiger partial charge < -0.3 is 5.11 Å². The highest BCUT2D eigenvalue weighted by Gasteiger charge is 2.21. The number of rotatable bonds is 7. The zero-order valence-corrected chi connectivity index (χ0v) is 11.3. The van der Waals surface area contributed by atoms with Gasteiger partial charge in [0, 0.05) is 12.3 Å². The number of hydrogen-bond donors (Lipinski definition) is 2. The lowest BCUT2D eigenvalue weighted by atomic mass is 10.1. The molecule has 0 heterocycles. The first-order valence-electron chi connectivity index (χ1n) is 4.86. The van der Waals surface area contributed by atoms with Gasteiger partial charge in [0.05, 0.1) is 18.1 Å². The van der Waals surface area contributed by atoms with E-state index in [1.807, 2.05) is 0 Å². The summed E-state index contributed by atoms with van der Waals surface area (Å²) in [4.78, 5) is 0. The van der Waals surface area contributed by atoms with Crippen LogP contribution in [-0.4, -0.2) is 52.4 Å². The van der Waals surface area contributed by atoms with Crippen LogP contribution in [0.3, 0.4) is 0 Å². The monoisotopic (exact) mass is 273 g/mol. The summed E-state index contributed by atoms with van der Waals surface area (Å²) in [6.07, 6.45) is 0.981. The second kappa shape index (κ2) is 5.95. The van der Waals surface area contributed by atoms with Crippen LogP contribution in [-0.2, 0) is 19.9 Å². The van der Waals surface area contributed by atoms with Gasteiger partial charge in [0.1, 0.15) is 9.84 Å². The molecular formula is C8H19NO5S2. The third-order valence-corrected chi connectivity index (χ3v) is 4.66. The molecule has 0 rings (SSSR count). The molecule has 1 unspecified atom stereocenters. The molecule has 0 spiro atoms. The number of aliphatic hydroxyl groups excluding tert-OH is 1. The third-order valence-electron chi connectivity index (χ3n) is 2.06. The minimum absolute atomic E-state index is 0.0574. The van der Waals surface area contributed by atoms with Crippen LogP contribution in [0.5, 0.6) is 0 Å². The largest absolute Gasteiger partial charge is 0.395 e. The van der Waals surface area contributed by atoms with Crippen molar-refractivity contribution >= 4 is 19.9 Å². The van der Waals surface area contributed by atoms with Crippen molar-refractivity contribution in [2.75, 3.05) is 24.4 Å². The Balaban J connectivity index is 4.46. The fraction of sp³-hybridized carbons (Fsp3) is 1.00. The Morgan fingerprint density at radius 3 is 1.94 bits per heavy atom. The molecule has 0 aliphatic rings. The summed E-state index contributed by atoms with van der Waals surface area (Å²) in [7, 11) is -6.96. The van der Waals surface area contributed by atoms with Crippen LogP contribution in [0.4, 0.5) is 0 Å². The first-order valence-corrected chi connectivity index (χ1v) is 8.57. The smallest absolute Gasteiger partial charge is 0.212 e. The van der Waals surface area contributed by atoms with Crippen molar-refractivity contribution in [3.05, 3.63) is 0 Å². The van der Waals surface area contributed by atoms with E-state index in [1.54, 1.807) is 13.8 Å². The quantitative estimate of drug-likeness (QED) is 0.617. The number of hydrogen-bond acceptors (Lipinski definition) is 5. The first-order chi connectivity index (χ1) is 7.07. The zero-order valence-electron chi connectivity index (χ0n) is 9.67. The van der Waals surface area contributed by atoms with Crippen LogP contribution >= 0.6 is 0 Å². The minimum Gasteiger partial charge on any atom is -0.395 e. The molecule has 0 aliphatic heterocycles. The van der Waals surface area contributed by atoms with E-state index in [1.165, 1.54) is 0 Å². The first kappa shape index (κ1) is 15.8. The lowest BCUT2D eigenvalue weighted by molar-refractivity contribution is 0.228. The van der Waals surface area contributed by atoms with Crippen LogP contribution in [0.1, 0.15) is 13.8 Å². The van der Waals surface area contributed by atoms with Crippen LogP contribution < -0.4 is 4.72 Å². The summed E-state index contributed by atoms with van der Waals surface area (Å²) in [6.45, 7) is 3.22. The molecule has 0 saturated carbocycles. The molecule has 0 fully saturated rings. The second-order valence-corrected chi connectivity index (χ2v) is 8.23. The Labute approximate surface area is 97.0 Å². The molecule has 0 saturated heterocycles. The summed E-state index contributed by atoms with van der Waals surface area (Å²) in [5.74, 6) is -0.953. The molecule has 0 aromatic heterocycles. The molecule has 0 aliphatic carbocycles. The van der Waals surface area contributed by atoms with E-state index in [0.717, 1.165) is 6.26 Å². The topological polar surface area (TPSA) is 101 Å². The minimum atomic E-state index is -3.66. The molecule has 1 atom stereocenters. The van der Waals surface area contributed by atoms with Crippen LogP contribution in [0.25, 0.3) is 0 Å². The van der Waals surface area contributed by atoms with Gasteiger partial charge in [-0.25, -0.2) is 21.6 Å². The highest BCUT2D eigenvalue weighted by molar-refractivity contribution is 7.93. The van der Waals surface area contributed by atoms with Gasteiger partial charge in [-0.15, -0.1) is 0 Å². The Morgan fingerprint density at radius 2 is 1.62 bits per heavy atom. The molecule has 0 bridgehead atoms. The SMILES string of the molecule is CC(C)C(CO)NS(=O)(=O)CCS(C)(=O)=O. The van der Waals surface area contributed by atoms with E-state index < -0.39 is 37.4 Å². The molecule has 0 radical (unpaired) electrons. The zero-order chi connectivity index (χ0) is 13.0. The predicted octanol–water partition coefficient (Wildman–Crippen LogP) is -1.03. The summed E-state index contributed by atoms with van der Waals surface area (Å²) >= 11 is 0. The molecule has 0 aromatic carbocycles. The van der Waals surface area contributed by atoms with Gasteiger partial charge in [-0.1, -0.05) is 13.8 Å². The number of aliphatic hydroxyl groups is 1. The number of nitrogens with one attached hydrogen (secondary N) is 1. The van der Waals surface area contributed by atoms with E-state index in [4.69, 9.17) is 5.11 Å². The highest BCUT2D eigenvalue weighted by Crippen LogP contribution is 2.03. The lowest BCUT2D eigenvalue weighted by Gasteiger charge is -2.19. The Kier molecular flexibility index (Phi) is 5.88. The van der Waals surface area contributed by atoms with E-state index in [9.17, 15) is 16.8 Å². The van der Waals surface area contributed by atoms with Gasteiger partial charge >= 0.3 is 0 Å². The molecule has 0 aromatic rings. The number of sulfone groups is 1. The van der Waals surface area contributed by atoms with Gasteiger partial charge in [0.2, 0.25) is 10.0 Å². The summed E-state index contributed by atoms with van der Waals surface area (Å²) in [6, 6.07) is -0.579. The lowest BCUT2D eigenvalue weighted by Crippen LogP contribution is -2.43. The van der Waals surface area contributed by atoms with Crippen molar-refractivity contribution in [2.45, 2.75) is 19.9 Å². The van der Waals surface area contributed by atoms with E-state index in [0.29, 0.717) is 0 Å². The van der Waals surface area contributed by atoms with Crippen molar-refractivity contribution in [2.24, 2.45) is 5.92 Å². The van der Waals surface area contributed by atoms with Crippen LogP contribution in [0.15, 0.2) is 0 Å². The van der Waals surface area contributed by atoms with Crippen LogP contribution in [0.2, 0.25) is 0 Å². The normalized spacial score (nSPS) is 15.3. The highest BCUT2D eigenvalue weighted by atomic mass is 32.2. The molecule has 0 amide bonds. The fourth-order valence-corrected chi connectivity index (χ4v) is 3.95. The van der Waals surface area contributed by atoms with Crippen LogP contribution in [0, 0.1) is 5.92 Å². The van der Waals surface area contributed by atoms with Crippen molar-refractivity contribution in [1.82, 2.24) is 4.72 Å². The van der Waals surface area contributed by atoms with E-state index >= 15 is 0 Å². The summed E-state index contributed by atoms with van der Waals surface area (Å²) in [5.41, 5.74) is 0. The Bertz CT molecular complexity index is 398. The Hall–Kier alpha value is -0.180. The average Bonchev–Trinajstić information content (AvgIpc) is 2.10. The molecule has 16 heavy (non-hydrogen) atoms. The fourth-order valence-electron chi connectivity index (χ4n) is 0.935. The average molecular weight is 273 g/mol. The van der Waals surface area contributed by atoms with Crippen molar-refractivity contribution in [3.63, 3.8) is 0 Å². The number of sulfonamides is 1. The van der Waals surface area contributed by atoms with Crippen molar-refractivity contribution < 1.29 is 21.9 Å². The standard InChI is InChI=1S/C8H19NO5S2/c1-7(2)8(6-10)9-16(13,14)5-4-15(3,11)12/h7-10H,4-6H2,1-3H3. The van der Waals surface area contributed by atoms with Gasteiger partial charge in [-0.2, -0.15) is 0 Å². The predicted molar refractivity (Wildman–Crippen MR) is 62.3 cm³/mol. The molecule has 6 nitrogen and oxygen atoms in total. The summed E-state index contributed by atoms with van der Waals surface area (Å²) in [5, 5.41) is 8.94. The molecular weight excluding hydrogens is 254 g/mol. The van der Waals surface area contributed by atoms with E-state index in [-0.39, 0.29) is 12.5 Å². The Morgan fingerprint density at radius 1 is 1.12 bits per heavy atom. The van der Waals surface area contributed by atoms with Crippen molar-refractivity contribution in [3.8, 4) is 0 Å².